The molecule has 2 fully saturated rings. The zero-order valence-electron chi connectivity index (χ0n) is 14.3. The van der Waals surface area contributed by atoms with E-state index in [2.05, 4.69) is 47.2 Å². The molecule has 0 bridgehead atoms. The minimum atomic E-state index is 0.316. The molecule has 0 radical (unpaired) electrons. The fourth-order valence-electron chi connectivity index (χ4n) is 4.42. The van der Waals surface area contributed by atoms with E-state index in [1.165, 1.54) is 18.5 Å². The number of rotatable bonds is 3. The number of thioether (sulfide) groups is 1. The minimum Gasteiger partial charge on any atom is -0.342 e. The first-order valence-electron chi connectivity index (χ1n) is 8.62. The van der Waals surface area contributed by atoms with Crippen molar-refractivity contribution in [1.29, 1.82) is 0 Å². The predicted octanol–water partition coefficient (Wildman–Crippen LogP) is 3.08. The maximum Gasteiger partial charge on any atom is 0.232 e. The van der Waals surface area contributed by atoms with Gasteiger partial charge in [0.1, 0.15) is 0 Å². The lowest BCUT2D eigenvalue weighted by atomic mass is 9.68. The Hall–Kier alpha value is -1.00. The molecule has 0 unspecified atom stereocenters. The van der Waals surface area contributed by atoms with Crippen molar-refractivity contribution in [3.05, 3.63) is 35.9 Å². The minimum absolute atomic E-state index is 0.316. The van der Waals surface area contributed by atoms with Crippen molar-refractivity contribution in [3.8, 4) is 0 Å². The average molecular weight is 333 g/mol. The molecule has 3 nitrogen and oxygen atoms in total. The standard InChI is InChI=1S/C19H28N2OS/c1-20-13-17(16-6-4-3-5-7-16)12-19(15-20)8-10-21(11-9-19)18(22)14-23-2/h3-7,17H,8-15H2,1-2H3/t17-/m1/s1. The summed E-state index contributed by atoms with van der Waals surface area (Å²) in [5.74, 6) is 1.57. The quantitative estimate of drug-likeness (QED) is 0.850. The predicted molar refractivity (Wildman–Crippen MR) is 97.9 cm³/mol. The number of hydrogen-bond donors (Lipinski definition) is 0. The molecule has 2 aliphatic rings. The van der Waals surface area contributed by atoms with Crippen molar-refractivity contribution in [2.24, 2.45) is 5.41 Å². The van der Waals surface area contributed by atoms with Crippen LogP contribution in [0.15, 0.2) is 30.3 Å². The van der Waals surface area contributed by atoms with E-state index in [-0.39, 0.29) is 0 Å². The van der Waals surface area contributed by atoms with Gasteiger partial charge >= 0.3 is 0 Å². The fourth-order valence-corrected chi connectivity index (χ4v) is 4.85. The number of likely N-dealkylation sites (N-methyl/N-ethyl adjacent to an activating group) is 1. The lowest BCUT2D eigenvalue weighted by Gasteiger charge is -2.49. The van der Waals surface area contributed by atoms with E-state index in [4.69, 9.17) is 0 Å². The number of likely N-dealkylation sites (tertiary alicyclic amines) is 2. The smallest absolute Gasteiger partial charge is 0.232 e. The molecule has 1 aromatic rings. The van der Waals surface area contributed by atoms with Crippen LogP contribution in [0.1, 0.15) is 30.7 Å². The maximum absolute atomic E-state index is 12.1. The summed E-state index contributed by atoms with van der Waals surface area (Å²) in [7, 11) is 2.25. The second-order valence-electron chi connectivity index (χ2n) is 7.32. The zero-order chi connectivity index (χ0) is 16.3. The maximum atomic E-state index is 12.1. The van der Waals surface area contributed by atoms with Crippen LogP contribution < -0.4 is 0 Å². The van der Waals surface area contributed by atoms with Gasteiger partial charge in [0.05, 0.1) is 5.75 Å². The largest absolute Gasteiger partial charge is 0.342 e. The summed E-state index contributed by atoms with van der Waals surface area (Å²) in [5.41, 5.74) is 1.86. The van der Waals surface area contributed by atoms with Gasteiger partial charge in [-0.2, -0.15) is 11.8 Å². The molecular weight excluding hydrogens is 304 g/mol. The highest BCUT2D eigenvalue weighted by Gasteiger charge is 2.41. The molecule has 0 aliphatic carbocycles. The molecule has 0 N–H and O–H groups in total. The van der Waals surface area contributed by atoms with Gasteiger partial charge in [-0.25, -0.2) is 0 Å². The Labute approximate surface area is 144 Å². The van der Waals surface area contributed by atoms with E-state index in [1.807, 2.05) is 6.26 Å². The third-order valence-corrected chi connectivity index (χ3v) is 6.07. The first-order chi connectivity index (χ1) is 11.1. The van der Waals surface area contributed by atoms with Crippen molar-refractivity contribution < 1.29 is 4.79 Å². The SMILES string of the molecule is CSCC(=O)N1CCC2(CC1)C[C@@H](c1ccccc1)CN(C)C2. The van der Waals surface area contributed by atoms with E-state index < -0.39 is 0 Å². The normalized spacial score (nSPS) is 24.8. The first-order valence-corrected chi connectivity index (χ1v) is 10.0. The van der Waals surface area contributed by atoms with Crippen LogP contribution in [-0.4, -0.2) is 60.9 Å². The molecule has 1 spiro atoms. The van der Waals surface area contributed by atoms with Crippen LogP contribution in [0.2, 0.25) is 0 Å². The fraction of sp³-hybridized carbons (Fsp3) is 0.632. The molecule has 2 heterocycles. The number of carbonyl (C=O) groups is 1. The van der Waals surface area contributed by atoms with Gasteiger partial charge in [-0.15, -0.1) is 0 Å². The molecule has 23 heavy (non-hydrogen) atoms. The number of nitrogens with zero attached hydrogens (tertiary/aromatic N) is 2. The van der Waals surface area contributed by atoms with Gasteiger partial charge in [-0.3, -0.25) is 4.79 Å². The lowest BCUT2D eigenvalue weighted by Crippen LogP contribution is -2.51. The third-order valence-electron chi connectivity index (χ3n) is 5.53. The summed E-state index contributed by atoms with van der Waals surface area (Å²) in [6.45, 7) is 4.21. The van der Waals surface area contributed by atoms with Gasteiger partial charge in [0.15, 0.2) is 0 Å². The third kappa shape index (κ3) is 3.92. The summed E-state index contributed by atoms with van der Waals surface area (Å²) in [6.07, 6.45) is 5.58. The molecule has 1 amide bonds. The van der Waals surface area contributed by atoms with Crippen LogP contribution in [0.25, 0.3) is 0 Å². The van der Waals surface area contributed by atoms with Gasteiger partial charge < -0.3 is 9.80 Å². The van der Waals surface area contributed by atoms with Gasteiger partial charge in [-0.1, -0.05) is 30.3 Å². The van der Waals surface area contributed by atoms with Crippen LogP contribution in [0.5, 0.6) is 0 Å². The van der Waals surface area contributed by atoms with Gasteiger partial charge in [-0.05, 0) is 49.5 Å². The molecule has 1 atom stereocenters. The van der Waals surface area contributed by atoms with E-state index in [1.54, 1.807) is 11.8 Å². The topological polar surface area (TPSA) is 23.6 Å². The Bertz CT molecular complexity index is 525. The first kappa shape index (κ1) is 16.8. The molecule has 1 aromatic carbocycles. The molecule has 0 aromatic heterocycles. The Kier molecular flexibility index (Phi) is 5.32. The Morgan fingerprint density at radius 2 is 1.96 bits per heavy atom. The van der Waals surface area contributed by atoms with Crippen molar-refractivity contribution in [2.45, 2.75) is 25.2 Å². The summed E-state index contributed by atoms with van der Waals surface area (Å²) in [6, 6.07) is 10.9. The molecule has 4 heteroatoms. The van der Waals surface area contributed by atoms with Crippen LogP contribution >= 0.6 is 11.8 Å². The van der Waals surface area contributed by atoms with E-state index in [0.717, 1.165) is 32.5 Å². The second kappa shape index (κ2) is 7.27. The monoisotopic (exact) mass is 332 g/mol. The molecule has 3 rings (SSSR count). The molecular formula is C19H28N2OS. The van der Waals surface area contributed by atoms with Crippen molar-refractivity contribution in [2.75, 3.05) is 45.2 Å². The average Bonchev–Trinajstić information content (AvgIpc) is 2.56. The van der Waals surface area contributed by atoms with Crippen molar-refractivity contribution >= 4 is 17.7 Å². The van der Waals surface area contributed by atoms with Gasteiger partial charge in [0, 0.05) is 26.2 Å². The number of carbonyl (C=O) groups excluding carboxylic acids is 1. The highest BCUT2D eigenvalue weighted by molar-refractivity contribution is 7.99. The number of piperidine rings is 2. The summed E-state index contributed by atoms with van der Waals surface area (Å²) in [5, 5.41) is 0. The van der Waals surface area contributed by atoms with Crippen LogP contribution in [0, 0.1) is 5.41 Å². The van der Waals surface area contributed by atoms with E-state index in [0.29, 0.717) is 23.0 Å². The van der Waals surface area contributed by atoms with E-state index >= 15 is 0 Å². The molecule has 0 saturated carbocycles. The highest BCUT2D eigenvalue weighted by Crippen LogP contribution is 2.44. The Balaban J connectivity index is 1.67. The molecule has 2 aliphatic heterocycles. The molecule has 2 saturated heterocycles. The summed E-state index contributed by atoms with van der Waals surface area (Å²) in [4.78, 5) is 16.7. The van der Waals surface area contributed by atoms with E-state index in [9.17, 15) is 4.79 Å². The second-order valence-corrected chi connectivity index (χ2v) is 8.19. The summed E-state index contributed by atoms with van der Waals surface area (Å²) >= 11 is 1.63. The zero-order valence-corrected chi connectivity index (χ0v) is 15.1. The van der Waals surface area contributed by atoms with Crippen LogP contribution in [0.3, 0.4) is 0 Å². The van der Waals surface area contributed by atoms with Crippen molar-refractivity contribution in [3.63, 3.8) is 0 Å². The highest BCUT2D eigenvalue weighted by atomic mass is 32.2. The Morgan fingerprint density at radius 1 is 1.26 bits per heavy atom. The van der Waals surface area contributed by atoms with Crippen LogP contribution in [0.4, 0.5) is 0 Å². The van der Waals surface area contributed by atoms with Crippen LogP contribution in [-0.2, 0) is 4.79 Å². The Morgan fingerprint density at radius 3 is 2.61 bits per heavy atom. The van der Waals surface area contributed by atoms with Gasteiger partial charge in [0.25, 0.3) is 0 Å². The lowest BCUT2D eigenvalue weighted by molar-refractivity contribution is -0.131. The number of amides is 1. The number of benzene rings is 1. The van der Waals surface area contributed by atoms with Gasteiger partial charge in [0.2, 0.25) is 5.91 Å². The summed E-state index contributed by atoms with van der Waals surface area (Å²) < 4.78 is 0. The van der Waals surface area contributed by atoms with Crippen molar-refractivity contribution in [1.82, 2.24) is 9.80 Å². The number of hydrogen-bond acceptors (Lipinski definition) is 3. The molecule has 126 valence electrons.